The number of benzene rings is 1. The normalized spacial score (nSPS) is 20.1. The quantitative estimate of drug-likeness (QED) is 0.851. The van der Waals surface area contributed by atoms with Crippen molar-refractivity contribution < 1.29 is 0 Å². The fourth-order valence-electron chi connectivity index (χ4n) is 2.95. The zero-order valence-electron chi connectivity index (χ0n) is 11.6. The first-order chi connectivity index (χ1) is 9.79. The topological polar surface area (TPSA) is 27.0 Å². The van der Waals surface area contributed by atoms with E-state index in [0.29, 0.717) is 6.04 Å². The first-order valence-electron chi connectivity index (χ1n) is 7.04. The zero-order chi connectivity index (χ0) is 13.9. The third kappa shape index (κ3) is 2.49. The maximum atomic E-state index is 9.48. The van der Waals surface area contributed by atoms with Gasteiger partial charge in [0, 0.05) is 24.0 Å². The molecular formula is C17H18N2S. The Labute approximate surface area is 124 Å². The minimum absolute atomic E-state index is 0.0427. The zero-order valence-corrected chi connectivity index (χ0v) is 12.4. The summed E-state index contributed by atoms with van der Waals surface area (Å²) in [5.41, 5.74) is 2.57. The van der Waals surface area contributed by atoms with Gasteiger partial charge in [0.05, 0.1) is 12.0 Å². The standard InChI is InChI=1S/C17H18N2S/c1-13-16-8-10-20-17(16)7-9-19(13)12-15(11-18)14-5-3-2-4-6-14/h2-6,8,10,13,15H,7,9,12H2,1H3. The van der Waals surface area contributed by atoms with Crippen molar-refractivity contribution in [2.24, 2.45) is 0 Å². The summed E-state index contributed by atoms with van der Waals surface area (Å²) in [5, 5.41) is 11.7. The molecule has 2 atom stereocenters. The lowest BCUT2D eigenvalue weighted by Crippen LogP contribution is -2.36. The predicted octanol–water partition coefficient (Wildman–Crippen LogP) is 3.97. The molecule has 102 valence electrons. The summed E-state index contributed by atoms with van der Waals surface area (Å²) in [6.07, 6.45) is 1.12. The molecule has 1 aliphatic heterocycles. The summed E-state index contributed by atoms with van der Waals surface area (Å²) in [7, 11) is 0. The number of nitrogens with zero attached hydrogens (tertiary/aromatic N) is 2. The van der Waals surface area contributed by atoms with Gasteiger partial charge in [0.2, 0.25) is 0 Å². The number of hydrogen-bond donors (Lipinski definition) is 0. The van der Waals surface area contributed by atoms with Crippen molar-refractivity contribution in [1.82, 2.24) is 4.90 Å². The molecule has 3 heteroatoms. The number of nitriles is 1. The molecule has 0 N–H and O–H groups in total. The summed E-state index contributed by atoms with van der Waals surface area (Å²) < 4.78 is 0. The minimum atomic E-state index is -0.0427. The second-order valence-electron chi connectivity index (χ2n) is 5.31. The van der Waals surface area contributed by atoms with Crippen LogP contribution < -0.4 is 0 Å². The van der Waals surface area contributed by atoms with Crippen LogP contribution in [0.15, 0.2) is 41.8 Å². The van der Waals surface area contributed by atoms with Gasteiger partial charge in [0.25, 0.3) is 0 Å². The summed E-state index contributed by atoms with van der Waals surface area (Å²) >= 11 is 1.86. The predicted molar refractivity (Wildman–Crippen MR) is 82.8 cm³/mol. The van der Waals surface area contributed by atoms with Crippen LogP contribution in [-0.2, 0) is 6.42 Å². The molecule has 2 heterocycles. The first kappa shape index (κ1) is 13.4. The Morgan fingerprint density at radius 1 is 1.35 bits per heavy atom. The maximum absolute atomic E-state index is 9.48. The van der Waals surface area contributed by atoms with Gasteiger partial charge in [-0.15, -0.1) is 11.3 Å². The van der Waals surface area contributed by atoms with E-state index in [1.807, 2.05) is 29.5 Å². The molecule has 2 nitrogen and oxygen atoms in total. The second-order valence-corrected chi connectivity index (χ2v) is 6.31. The third-order valence-corrected chi connectivity index (χ3v) is 5.18. The molecule has 0 spiro atoms. The van der Waals surface area contributed by atoms with Crippen molar-refractivity contribution in [2.45, 2.75) is 25.3 Å². The number of hydrogen-bond acceptors (Lipinski definition) is 3. The second kappa shape index (κ2) is 5.78. The molecule has 0 fully saturated rings. The summed E-state index contributed by atoms with van der Waals surface area (Å²) in [6.45, 7) is 4.13. The number of rotatable bonds is 3. The fourth-order valence-corrected chi connectivity index (χ4v) is 3.91. The van der Waals surface area contributed by atoms with E-state index in [1.54, 1.807) is 0 Å². The minimum Gasteiger partial charge on any atom is -0.295 e. The Morgan fingerprint density at radius 3 is 2.90 bits per heavy atom. The van der Waals surface area contributed by atoms with Crippen molar-refractivity contribution in [3.8, 4) is 6.07 Å². The van der Waals surface area contributed by atoms with Crippen molar-refractivity contribution >= 4 is 11.3 Å². The van der Waals surface area contributed by atoms with Gasteiger partial charge in [-0.3, -0.25) is 4.90 Å². The molecule has 2 aromatic rings. The van der Waals surface area contributed by atoms with Crippen molar-refractivity contribution in [3.05, 3.63) is 57.8 Å². The highest BCUT2D eigenvalue weighted by Gasteiger charge is 2.27. The summed E-state index contributed by atoms with van der Waals surface area (Å²) in [6, 6.07) is 15.3. The van der Waals surface area contributed by atoms with Crippen LogP contribution in [0.4, 0.5) is 0 Å². The average molecular weight is 282 g/mol. The maximum Gasteiger partial charge on any atom is 0.0839 e. The van der Waals surface area contributed by atoms with E-state index in [0.717, 1.165) is 25.1 Å². The van der Waals surface area contributed by atoms with Gasteiger partial charge in [0.1, 0.15) is 0 Å². The molecule has 2 unspecified atom stereocenters. The molecule has 3 rings (SSSR count). The molecule has 0 radical (unpaired) electrons. The third-order valence-electron chi connectivity index (χ3n) is 4.18. The highest BCUT2D eigenvalue weighted by molar-refractivity contribution is 7.10. The van der Waals surface area contributed by atoms with Crippen LogP contribution in [-0.4, -0.2) is 18.0 Å². The molecule has 1 aromatic carbocycles. The highest BCUT2D eigenvalue weighted by atomic mass is 32.1. The Kier molecular flexibility index (Phi) is 3.86. The van der Waals surface area contributed by atoms with E-state index in [2.05, 4.69) is 41.5 Å². The Hall–Kier alpha value is -1.63. The van der Waals surface area contributed by atoms with Gasteiger partial charge in [0.15, 0.2) is 0 Å². The van der Waals surface area contributed by atoms with Crippen molar-refractivity contribution in [1.29, 1.82) is 5.26 Å². The van der Waals surface area contributed by atoms with Gasteiger partial charge in [-0.1, -0.05) is 30.3 Å². The van der Waals surface area contributed by atoms with Crippen LogP contribution in [0.25, 0.3) is 0 Å². The number of thiophene rings is 1. The molecule has 0 saturated carbocycles. The van der Waals surface area contributed by atoms with Crippen LogP contribution in [0.1, 0.15) is 34.9 Å². The summed E-state index contributed by atoms with van der Waals surface area (Å²) in [4.78, 5) is 3.96. The van der Waals surface area contributed by atoms with Gasteiger partial charge in [-0.2, -0.15) is 5.26 Å². The molecule has 1 aromatic heterocycles. The van der Waals surface area contributed by atoms with Crippen LogP contribution in [0.2, 0.25) is 0 Å². The van der Waals surface area contributed by atoms with E-state index in [9.17, 15) is 5.26 Å². The number of fused-ring (bicyclic) bond motifs is 1. The van der Waals surface area contributed by atoms with Crippen LogP contribution in [0.3, 0.4) is 0 Å². The van der Waals surface area contributed by atoms with Crippen molar-refractivity contribution in [3.63, 3.8) is 0 Å². The lowest BCUT2D eigenvalue weighted by molar-refractivity contribution is 0.196. The lowest BCUT2D eigenvalue weighted by atomic mass is 9.96. The Bertz CT molecular complexity index is 611. The smallest absolute Gasteiger partial charge is 0.0839 e. The van der Waals surface area contributed by atoms with Crippen LogP contribution in [0.5, 0.6) is 0 Å². The van der Waals surface area contributed by atoms with Gasteiger partial charge in [-0.05, 0) is 35.9 Å². The lowest BCUT2D eigenvalue weighted by Gasteiger charge is -2.34. The largest absolute Gasteiger partial charge is 0.295 e. The van der Waals surface area contributed by atoms with Gasteiger partial charge >= 0.3 is 0 Å². The molecule has 0 aliphatic carbocycles. The van der Waals surface area contributed by atoms with Crippen LogP contribution >= 0.6 is 11.3 Å². The Morgan fingerprint density at radius 2 is 2.15 bits per heavy atom. The Balaban J connectivity index is 1.77. The fraction of sp³-hybridized carbons (Fsp3) is 0.353. The molecule has 1 aliphatic rings. The molecular weight excluding hydrogens is 264 g/mol. The van der Waals surface area contributed by atoms with Gasteiger partial charge in [-0.25, -0.2) is 0 Å². The molecule has 0 bridgehead atoms. The van der Waals surface area contributed by atoms with E-state index >= 15 is 0 Å². The highest BCUT2D eigenvalue weighted by Crippen LogP contribution is 2.34. The van der Waals surface area contributed by atoms with Crippen molar-refractivity contribution in [2.75, 3.05) is 13.1 Å². The van der Waals surface area contributed by atoms with E-state index in [4.69, 9.17) is 0 Å². The van der Waals surface area contributed by atoms with Gasteiger partial charge < -0.3 is 0 Å². The SMILES string of the molecule is CC1c2ccsc2CCN1CC(C#N)c1ccccc1. The van der Waals surface area contributed by atoms with Crippen LogP contribution in [0, 0.1) is 11.3 Å². The summed E-state index contributed by atoms with van der Waals surface area (Å²) in [5.74, 6) is -0.0427. The van der Waals surface area contributed by atoms with E-state index < -0.39 is 0 Å². The molecule has 20 heavy (non-hydrogen) atoms. The van der Waals surface area contributed by atoms with E-state index in [1.165, 1.54) is 10.4 Å². The molecule has 0 saturated heterocycles. The average Bonchev–Trinajstić information content (AvgIpc) is 2.97. The van der Waals surface area contributed by atoms with E-state index in [-0.39, 0.29) is 5.92 Å². The first-order valence-corrected chi connectivity index (χ1v) is 7.92. The monoisotopic (exact) mass is 282 g/mol. The molecule has 0 amide bonds.